The molecule has 0 bridgehead atoms. The van der Waals surface area contributed by atoms with Gasteiger partial charge in [-0.15, -0.1) is 0 Å². The second-order valence-electron chi connectivity index (χ2n) is 4.80. The van der Waals surface area contributed by atoms with Crippen molar-refractivity contribution >= 4 is 33.7 Å². The normalized spacial score (nSPS) is 12.0. The average Bonchev–Trinajstić information content (AvgIpc) is 2.53. The lowest BCUT2D eigenvalue weighted by Gasteiger charge is -2.22. The molecule has 5 nitrogen and oxygen atoms in total. The summed E-state index contributed by atoms with van der Waals surface area (Å²) in [7, 11) is 1.60. The summed E-state index contributed by atoms with van der Waals surface area (Å²) >= 11 is 0. The van der Waals surface area contributed by atoms with Crippen LogP contribution in [0, 0.1) is 0 Å². The predicted octanol–water partition coefficient (Wildman–Crippen LogP) is 3.60. The van der Waals surface area contributed by atoms with E-state index in [-0.39, 0.29) is 0 Å². The highest BCUT2D eigenvalue weighted by Crippen LogP contribution is 2.40. The number of anilines is 4. The largest absolute Gasteiger partial charge is 0.497 e. The van der Waals surface area contributed by atoms with Crippen molar-refractivity contribution in [3.8, 4) is 5.75 Å². The molecule has 0 spiro atoms. The van der Waals surface area contributed by atoms with Crippen LogP contribution >= 0.6 is 0 Å². The van der Waals surface area contributed by atoms with Crippen molar-refractivity contribution in [2.45, 2.75) is 0 Å². The maximum Gasteiger partial charge on any atom is 0.362 e. The summed E-state index contributed by atoms with van der Waals surface area (Å²) in [6, 6.07) is 13.0. The van der Waals surface area contributed by atoms with Gasteiger partial charge in [-0.1, -0.05) is 12.1 Å². The molecular weight excluding hydrogens is 268 g/mol. The Balaban J connectivity index is 2.02. The van der Waals surface area contributed by atoms with E-state index in [0.29, 0.717) is 22.7 Å². The third-order valence-electron chi connectivity index (χ3n) is 3.56. The third-order valence-corrected chi connectivity index (χ3v) is 3.56. The molecule has 0 saturated heterocycles. The molecule has 3 aromatic rings. The number of hydrogen-bond donors (Lipinski definition) is 2. The Bertz CT molecular complexity index is 915. The summed E-state index contributed by atoms with van der Waals surface area (Å²) in [4.78, 5) is 12.1. The van der Waals surface area contributed by atoms with Crippen molar-refractivity contribution < 1.29 is 9.15 Å². The summed E-state index contributed by atoms with van der Waals surface area (Å²) in [5.74, 6) is 0.708. The van der Waals surface area contributed by atoms with E-state index in [1.165, 1.54) is 0 Å². The van der Waals surface area contributed by atoms with Gasteiger partial charge < -0.3 is 19.8 Å². The van der Waals surface area contributed by atoms with E-state index >= 15 is 0 Å². The van der Waals surface area contributed by atoms with Crippen molar-refractivity contribution in [2.24, 2.45) is 0 Å². The molecule has 0 unspecified atom stereocenters. The van der Waals surface area contributed by atoms with Gasteiger partial charge in [-0.05, 0) is 30.3 Å². The quantitative estimate of drug-likeness (QED) is 0.521. The number of rotatable bonds is 1. The van der Waals surface area contributed by atoms with E-state index in [1.807, 2.05) is 30.3 Å². The van der Waals surface area contributed by atoms with Gasteiger partial charge in [0.05, 0.1) is 24.2 Å². The standard InChI is InChI=1S/C16H12N2O3/c1-20-9-6-7-13-10(8-9)14-15(16(19)21-13)18-12-5-3-2-4-11(12)17-14/h2-8,17-18H,1H3. The molecule has 104 valence electrons. The first-order chi connectivity index (χ1) is 10.3. The fourth-order valence-electron chi connectivity index (χ4n) is 2.52. The number of hydrogen-bond acceptors (Lipinski definition) is 5. The highest BCUT2D eigenvalue weighted by molar-refractivity contribution is 6.03. The summed E-state index contributed by atoms with van der Waals surface area (Å²) in [6.45, 7) is 0. The minimum absolute atomic E-state index is 0.398. The molecule has 0 fully saturated rings. The smallest absolute Gasteiger partial charge is 0.362 e. The zero-order valence-corrected chi connectivity index (χ0v) is 11.3. The zero-order chi connectivity index (χ0) is 14.4. The van der Waals surface area contributed by atoms with Crippen molar-refractivity contribution in [1.82, 2.24) is 0 Å². The van der Waals surface area contributed by atoms with Crippen molar-refractivity contribution in [3.05, 3.63) is 52.9 Å². The van der Waals surface area contributed by atoms with Crippen LogP contribution in [0.2, 0.25) is 0 Å². The van der Waals surface area contributed by atoms with Crippen molar-refractivity contribution in [1.29, 1.82) is 0 Å². The first-order valence-corrected chi connectivity index (χ1v) is 6.54. The first-order valence-electron chi connectivity index (χ1n) is 6.54. The Hall–Kier alpha value is -2.95. The second-order valence-corrected chi connectivity index (χ2v) is 4.80. The van der Waals surface area contributed by atoms with Crippen LogP contribution in [0.5, 0.6) is 5.75 Å². The van der Waals surface area contributed by atoms with Crippen LogP contribution in [-0.4, -0.2) is 7.11 Å². The molecule has 2 N–H and O–H groups in total. The first kappa shape index (κ1) is 11.8. The summed E-state index contributed by atoms with van der Waals surface area (Å²) in [6.07, 6.45) is 0. The number of ether oxygens (including phenoxy) is 1. The zero-order valence-electron chi connectivity index (χ0n) is 11.3. The molecule has 1 aromatic heterocycles. The van der Waals surface area contributed by atoms with E-state index in [0.717, 1.165) is 16.8 Å². The molecule has 4 rings (SSSR count). The molecule has 5 heteroatoms. The number of fused-ring (bicyclic) bond motifs is 4. The van der Waals surface area contributed by atoms with Gasteiger partial charge in [-0.3, -0.25) is 0 Å². The lowest BCUT2D eigenvalue weighted by Crippen LogP contribution is -2.15. The number of para-hydroxylation sites is 2. The molecule has 2 heterocycles. The maximum absolute atomic E-state index is 12.1. The minimum atomic E-state index is -0.398. The molecule has 1 aliphatic heterocycles. The Labute approximate surface area is 120 Å². The Morgan fingerprint density at radius 1 is 1.00 bits per heavy atom. The van der Waals surface area contributed by atoms with Crippen molar-refractivity contribution in [2.75, 3.05) is 17.7 Å². The topological polar surface area (TPSA) is 63.5 Å². The predicted molar refractivity (Wildman–Crippen MR) is 82.0 cm³/mol. The van der Waals surface area contributed by atoms with E-state index in [1.54, 1.807) is 19.2 Å². The maximum atomic E-state index is 12.1. The van der Waals surface area contributed by atoms with Gasteiger partial charge in [-0.2, -0.15) is 0 Å². The molecule has 0 amide bonds. The van der Waals surface area contributed by atoms with E-state index in [9.17, 15) is 4.79 Å². The lowest BCUT2D eigenvalue weighted by atomic mass is 10.1. The lowest BCUT2D eigenvalue weighted by molar-refractivity contribution is 0.415. The van der Waals surface area contributed by atoms with Crippen LogP contribution in [0.3, 0.4) is 0 Å². The summed E-state index contributed by atoms with van der Waals surface area (Å²) < 4.78 is 10.6. The van der Waals surface area contributed by atoms with E-state index in [4.69, 9.17) is 9.15 Å². The van der Waals surface area contributed by atoms with Crippen LogP contribution in [0.25, 0.3) is 11.0 Å². The molecule has 0 saturated carbocycles. The van der Waals surface area contributed by atoms with Gasteiger partial charge in [0.2, 0.25) is 0 Å². The molecule has 0 radical (unpaired) electrons. The van der Waals surface area contributed by atoms with Crippen LogP contribution in [0.15, 0.2) is 51.7 Å². The molecular formula is C16H12N2O3. The molecule has 0 aliphatic carbocycles. The number of benzene rings is 2. The molecule has 1 aliphatic rings. The minimum Gasteiger partial charge on any atom is -0.497 e. The number of methoxy groups -OCH3 is 1. The van der Waals surface area contributed by atoms with E-state index in [2.05, 4.69) is 10.6 Å². The van der Waals surface area contributed by atoms with Gasteiger partial charge in [0.25, 0.3) is 0 Å². The highest BCUT2D eigenvalue weighted by Gasteiger charge is 2.21. The fourth-order valence-corrected chi connectivity index (χ4v) is 2.52. The van der Waals surface area contributed by atoms with Gasteiger partial charge in [-0.25, -0.2) is 4.79 Å². The van der Waals surface area contributed by atoms with Crippen molar-refractivity contribution in [3.63, 3.8) is 0 Å². The highest BCUT2D eigenvalue weighted by atomic mass is 16.5. The molecule has 2 aromatic carbocycles. The average molecular weight is 280 g/mol. The van der Waals surface area contributed by atoms with E-state index < -0.39 is 5.63 Å². The van der Waals surface area contributed by atoms with Crippen LogP contribution in [-0.2, 0) is 0 Å². The van der Waals surface area contributed by atoms with Crippen LogP contribution in [0.1, 0.15) is 0 Å². The molecule has 21 heavy (non-hydrogen) atoms. The van der Waals surface area contributed by atoms with Gasteiger partial charge in [0.15, 0.2) is 0 Å². The Morgan fingerprint density at radius 3 is 2.43 bits per heavy atom. The Kier molecular flexibility index (Phi) is 2.41. The van der Waals surface area contributed by atoms with Gasteiger partial charge in [0, 0.05) is 5.39 Å². The Morgan fingerprint density at radius 2 is 1.71 bits per heavy atom. The monoisotopic (exact) mass is 280 g/mol. The molecule has 0 atom stereocenters. The van der Waals surface area contributed by atoms with Gasteiger partial charge >= 0.3 is 5.63 Å². The second kappa shape index (κ2) is 4.28. The fraction of sp³-hybridized carbons (Fsp3) is 0.0625. The van der Waals surface area contributed by atoms with Gasteiger partial charge in [0.1, 0.15) is 17.0 Å². The third kappa shape index (κ3) is 1.74. The van der Waals surface area contributed by atoms with Crippen LogP contribution < -0.4 is 21.0 Å². The summed E-state index contributed by atoms with van der Waals surface area (Å²) in [5, 5.41) is 7.22. The SMILES string of the molecule is COc1ccc2oc(=O)c3c(c2c1)Nc1ccccc1N3. The number of nitrogens with one attached hydrogen (secondary N) is 2. The summed E-state index contributed by atoms with van der Waals surface area (Å²) in [5.41, 5.74) is 3.01. The van der Waals surface area contributed by atoms with Crippen LogP contribution in [0.4, 0.5) is 22.7 Å².